The largest absolute Gasteiger partial charge is 0.244 e. The van der Waals surface area contributed by atoms with E-state index in [2.05, 4.69) is 78.9 Å². The first-order valence-electron chi connectivity index (χ1n) is 18.5. The number of rotatable bonds is 7. The highest BCUT2D eigenvalue weighted by Crippen LogP contribution is 2.35. The van der Waals surface area contributed by atoms with Crippen molar-refractivity contribution in [3.8, 4) is 79.3 Å². The Kier molecular flexibility index (Phi) is 8.39. The average Bonchev–Trinajstić information content (AvgIpc) is 3.29. The van der Waals surface area contributed by atoms with Gasteiger partial charge in [-0.05, 0) is 46.8 Å². The predicted octanol–water partition coefficient (Wildman–Crippen LogP) is 12.0. The minimum atomic E-state index is 0.500. The van der Waals surface area contributed by atoms with Gasteiger partial charge in [0.15, 0.2) is 23.3 Å². The van der Waals surface area contributed by atoms with Gasteiger partial charge >= 0.3 is 0 Å². The molecule has 6 heteroatoms. The molecule has 0 N–H and O–H groups in total. The molecule has 0 radical (unpaired) electrons. The van der Waals surface area contributed by atoms with Crippen LogP contribution in [0.15, 0.2) is 194 Å². The quantitative estimate of drug-likeness (QED) is 0.153. The second kappa shape index (κ2) is 14.3. The lowest BCUT2D eigenvalue weighted by Gasteiger charge is -2.13. The molecule has 7 aromatic carbocycles. The van der Waals surface area contributed by atoms with Gasteiger partial charge < -0.3 is 0 Å². The molecule has 3 aromatic heterocycles. The van der Waals surface area contributed by atoms with Gasteiger partial charge in [0.05, 0.1) is 16.9 Å². The van der Waals surface area contributed by atoms with Crippen molar-refractivity contribution in [2.24, 2.45) is 0 Å². The zero-order chi connectivity index (χ0) is 37.3. The molecule has 0 fully saturated rings. The molecule has 3 heterocycles. The maximum atomic E-state index is 5.20. The van der Waals surface area contributed by atoms with E-state index in [-0.39, 0.29) is 0 Å². The minimum absolute atomic E-state index is 0.500. The number of pyridine rings is 1. The molecule has 0 bridgehead atoms. The van der Waals surface area contributed by atoms with Gasteiger partial charge in [-0.25, -0.2) is 29.9 Å². The first kappa shape index (κ1) is 32.9. The monoisotopic (exact) mass is 716 g/mol. The highest BCUT2D eigenvalue weighted by Gasteiger charge is 2.17. The molecule has 0 aliphatic rings. The van der Waals surface area contributed by atoms with E-state index in [4.69, 9.17) is 29.9 Å². The van der Waals surface area contributed by atoms with Crippen molar-refractivity contribution < 1.29 is 0 Å². The van der Waals surface area contributed by atoms with Gasteiger partial charge in [-0.2, -0.15) is 0 Å². The normalized spacial score (nSPS) is 11.2. The molecule has 10 aromatic rings. The fourth-order valence-corrected chi connectivity index (χ4v) is 7.13. The zero-order valence-electron chi connectivity index (χ0n) is 30.2. The number of benzene rings is 7. The number of hydrogen-bond donors (Lipinski definition) is 0. The molecule has 0 unspecified atom stereocenters. The van der Waals surface area contributed by atoms with Gasteiger partial charge in [0.25, 0.3) is 0 Å². The Morgan fingerprint density at radius 2 is 0.768 bits per heavy atom. The van der Waals surface area contributed by atoms with E-state index in [1.54, 1.807) is 0 Å². The Morgan fingerprint density at radius 3 is 1.46 bits per heavy atom. The highest BCUT2D eigenvalue weighted by molar-refractivity contribution is 6.10. The van der Waals surface area contributed by atoms with E-state index < -0.39 is 0 Å². The fourth-order valence-electron chi connectivity index (χ4n) is 7.13. The molecule has 0 amide bonds. The van der Waals surface area contributed by atoms with E-state index in [0.717, 1.165) is 72.0 Å². The fraction of sp³-hybridized carbons (Fsp3) is 0. The van der Waals surface area contributed by atoms with E-state index in [9.17, 15) is 0 Å². The number of aromatic nitrogens is 6. The summed E-state index contributed by atoms with van der Waals surface area (Å²) in [5.41, 5.74) is 10.2. The van der Waals surface area contributed by atoms with E-state index in [0.29, 0.717) is 29.0 Å². The summed E-state index contributed by atoms with van der Waals surface area (Å²) in [6.45, 7) is 0. The molecule has 0 saturated carbocycles. The van der Waals surface area contributed by atoms with E-state index in [1.807, 2.05) is 115 Å². The Balaban J connectivity index is 1.11. The van der Waals surface area contributed by atoms with Gasteiger partial charge in [0, 0.05) is 38.6 Å². The third-order valence-corrected chi connectivity index (χ3v) is 9.93. The molecule has 56 heavy (non-hydrogen) atoms. The van der Waals surface area contributed by atoms with Crippen molar-refractivity contribution in [2.75, 3.05) is 0 Å². The van der Waals surface area contributed by atoms with Crippen LogP contribution in [0.5, 0.6) is 0 Å². The second-order valence-electron chi connectivity index (χ2n) is 13.6. The lowest BCUT2D eigenvalue weighted by Crippen LogP contribution is -2.01. The molecule has 0 aliphatic heterocycles. The number of nitrogens with zero attached hydrogens (tertiary/aromatic N) is 6. The molecular weight excluding hydrogens is 685 g/mol. The van der Waals surface area contributed by atoms with Crippen molar-refractivity contribution in [2.45, 2.75) is 0 Å². The molecule has 262 valence electrons. The molecule has 0 spiro atoms. The van der Waals surface area contributed by atoms with Crippen molar-refractivity contribution in [1.29, 1.82) is 0 Å². The summed E-state index contributed by atoms with van der Waals surface area (Å²) < 4.78 is 0. The van der Waals surface area contributed by atoms with Crippen LogP contribution in [0.2, 0.25) is 0 Å². The molecule has 6 nitrogen and oxygen atoms in total. The summed E-state index contributed by atoms with van der Waals surface area (Å²) in [5.74, 6) is 2.35. The molecule has 0 saturated heterocycles. The summed E-state index contributed by atoms with van der Waals surface area (Å²) in [6.07, 6.45) is 0. The third-order valence-electron chi connectivity index (χ3n) is 9.93. The van der Waals surface area contributed by atoms with Crippen LogP contribution < -0.4 is 0 Å². The van der Waals surface area contributed by atoms with Gasteiger partial charge in [0.2, 0.25) is 0 Å². The minimum Gasteiger partial charge on any atom is -0.244 e. The lowest BCUT2D eigenvalue weighted by atomic mass is 9.99. The summed E-state index contributed by atoms with van der Waals surface area (Å²) in [6, 6.07) is 65.8. The Morgan fingerprint density at radius 1 is 0.250 bits per heavy atom. The van der Waals surface area contributed by atoms with Crippen LogP contribution in [-0.2, 0) is 0 Å². The van der Waals surface area contributed by atoms with Crippen LogP contribution in [0, 0.1) is 0 Å². The average molecular weight is 717 g/mol. The van der Waals surface area contributed by atoms with Crippen molar-refractivity contribution in [1.82, 2.24) is 29.9 Å². The van der Waals surface area contributed by atoms with Crippen LogP contribution in [0.25, 0.3) is 101 Å². The summed E-state index contributed by atoms with van der Waals surface area (Å²) >= 11 is 0. The standard InChI is InChI=1S/C50H32N6/c1-5-15-33(16-6-1)38-23-13-24-40(31-38)49-54-48(37-21-11-4-12-22-37)55-50(56-49)44-26-14-25-43(51-44)39-28-27-34-29-30-41-45(35-17-7-2-8-18-35)52-47(36-19-9-3-10-20-36)53-46(41)42(34)32-39/h1-32H. The molecule has 10 rings (SSSR count). The Hall–Kier alpha value is -7.70. The van der Waals surface area contributed by atoms with Crippen molar-refractivity contribution in [3.05, 3.63) is 194 Å². The lowest BCUT2D eigenvalue weighted by molar-refractivity contribution is 1.06. The maximum absolute atomic E-state index is 5.20. The van der Waals surface area contributed by atoms with Gasteiger partial charge in [-0.3, -0.25) is 0 Å². The molecular formula is C50H32N6. The Labute approximate surface area is 324 Å². The van der Waals surface area contributed by atoms with E-state index in [1.165, 1.54) is 0 Å². The highest BCUT2D eigenvalue weighted by atomic mass is 15.0. The van der Waals surface area contributed by atoms with E-state index >= 15 is 0 Å². The summed E-state index contributed by atoms with van der Waals surface area (Å²) in [7, 11) is 0. The SMILES string of the molecule is c1ccc(-c2cccc(-c3nc(-c4ccccc4)nc(-c4cccc(-c5ccc6ccc7c(-c8ccccc8)nc(-c8ccccc8)nc7c6c5)n4)n3)c2)cc1. The van der Waals surface area contributed by atoms with Gasteiger partial charge in [0.1, 0.15) is 5.69 Å². The first-order valence-corrected chi connectivity index (χ1v) is 18.5. The maximum Gasteiger partial charge on any atom is 0.182 e. The van der Waals surface area contributed by atoms with Crippen LogP contribution in [-0.4, -0.2) is 29.9 Å². The van der Waals surface area contributed by atoms with Crippen LogP contribution >= 0.6 is 0 Å². The molecule has 0 aliphatic carbocycles. The third kappa shape index (κ3) is 6.35. The number of hydrogen-bond acceptors (Lipinski definition) is 6. The zero-order valence-corrected chi connectivity index (χ0v) is 30.2. The van der Waals surface area contributed by atoms with Crippen LogP contribution in [0.1, 0.15) is 0 Å². The topological polar surface area (TPSA) is 77.3 Å². The summed E-state index contributed by atoms with van der Waals surface area (Å²) in [4.78, 5) is 30.5. The van der Waals surface area contributed by atoms with Crippen molar-refractivity contribution in [3.63, 3.8) is 0 Å². The second-order valence-corrected chi connectivity index (χ2v) is 13.6. The molecule has 0 atom stereocenters. The smallest absolute Gasteiger partial charge is 0.182 e. The predicted molar refractivity (Wildman–Crippen MR) is 226 cm³/mol. The number of fused-ring (bicyclic) bond motifs is 3. The van der Waals surface area contributed by atoms with Crippen molar-refractivity contribution >= 4 is 21.7 Å². The van der Waals surface area contributed by atoms with Crippen LogP contribution in [0.3, 0.4) is 0 Å². The first-order chi connectivity index (χ1) is 27.7. The summed E-state index contributed by atoms with van der Waals surface area (Å²) in [5, 5.41) is 3.10. The van der Waals surface area contributed by atoms with Gasteiger partial charge in [-0.1, -0.05) is 164 Å². The Bertz CT molecular complexity index is 3010. The van der Waals surface area contributed by atoms with Crippen LogP contribution in [0.4, 0.5) is 0 Å². The van der Waals surface area contributed by atoms with Gasteiger partial charge in [-0.15, -0.1) is 0 Å².